The van der Waals surface area contributed by atoms with E-state index in [1.807, 2.05) is 0 Å². The maximum absolute atomic E-state index is 11.2. The summed E-state index contributed by atoms with van der Waals surface area (Å²) in [5, 5.41) is 13.2. The van der Waals surface area contributed by atoms with Gasteiger partial charge in [-0.2, -0.15) is 5.10 Å². The second kappa shape index (κ2) is 5.71. The lowest BCUT2D eigenvalue weighted by Crippen LogP contribution is -2.41. The Bertz CT molecular complexity index is 449. The van der Waals surface area contributed by atoms with Gasteiger partial charge in [0.2, 0.25) is 0 Å². The Morgan fingerprint density at radius 2 is 2.11 bits per heavy atom. The smallest absolute Gasteiger partial charge is 0.339 e. The molecule has 1 aromatic rings. The van der Waals surface area contributed by atoms with Crippen molar-refractivity contribution in [1.29, 1.82) is 0 Å². The highest BCUT2D eigenvalue weighted by molar-refractivity contribution is 5.88. The molecule has 0 bridgehead atoms. The van der Waals surface area contributed by atoms with E-state index in [2.05, 4.69) is 29.0 Å². The van der Waals surface area contributed by atoms with E-state index in [1.165, 1.54) is 6.20 Å². The van der Waals surface area contributed by atoms with Crippen LogP contribution in [-0.4, -0.2) is 63.9 Å². The number of carboxylic acid groups (broad SMARTS) is 1. The molecule has 0 saturated carbocycles. The number of likely N-dealkylation sites (tertiary alicyclic amines) is 1. The SMILES string of the molecule is CN1CCC(N(C)Cc2c(C(=O)O)cnn2C)CC1. The highest BCUT2D eigenvalue weighted by Gasteiger charge is 2.23. The molecule has 1 N–H and O–H groups in total. The lowest BCUT2D eigenvalue weighted by atomic mass is 10.0. The van der Waals surface area contributed by atoms with Crippen molar-refractivity contribution >= 4 is 5.97 Å². The van der Waals surface area contributed by atoms with E-state index >= 15 is 0 Å². The molecular formula is C13H22N4O2. The topological polar surface area (TPSA) is 61.6 Å². The van der Waals surface area contributed by atoms with Gasteiger partial charge in [0.05, 0.1) is 11.9 Å². The van der Waals surface area contributed by atoms with Crippen LogP contribution in [0.2, 0.25) is 0 Å². The molecule has 19 heavy (non-hydrogen) atoms. The third-order valence-corrected chi connectivity index (χ3v) is 4.00. The number of carboxylic acids is 1. The number of aromatic carboxylic acids is 1. The third-order valence-electron chi connectivity index (χ3n) is 4.00. The summed E-state index contributed by atoms with van der Waals surface area (Å²) in [4.78, 5) is 15.7. The fourth-order valence-corrected chi connectivity index (χ4v) is 2.63. The van der Waals surface area contributed by atoms with Crippen LogP contribution < -0.4 is 0 Å². The van der Waals surface area contributed by atoms with Crippen LogP contribution in [0.5, 0.6) is 0 Å². The first-order chi connectivity index (χ1) is 8.99. The Morgan fingerprint density at radius 1 is 1.47 bits per heavy atom. The van der Waals surface area contributed by atoms with Crippen molar-refractivity contribution in [3.05, 3.63) is 17.5 Å². The van der Waals surface area contributed by atoms with Crippen molar-refractivity contribution in [3.63, 3.8) is 0 Å². The number of nitrogens with zero attached hydrogens (tertiary/aromatic N) is 4. The lowest BCUT2D eigenvalue weighted by Gasteiger charge is -2.35. The lowest BCUT2D eigenvalue weighted by molar-refractivity contribution is 0.0692. The fourth-order valence-electron chi connectivity index (χ4n) is 2.63. The quantitative estimate of drug-likeness (QED) is 0.867. The zero-order chi connectivity index (χ0) is 14.0. The molecule has 1 fully saturated rings. The summed E-state index contributed by atoms with van der Waals surface area (Å²) in [6, 6.07) is 0.521. The summed E-state index contributed by atoms with van der Waals surface area (Å²) in [6.45, 7) is 2.84. The first-order valence-electron chi connectivity index (χ1n) is 6.62. The zero-order valence-corrected chi connectivity index (χ0v) is 11.8. The van der Waals surface area contributed by atoms with Gasteiger partial charge in [-0.1, -0.05) is 0 Å². The van der Waals surface area contributed by atoms with Crippen LogP contribution in [-0.2, 0) is 13.6 Å². The first kappa shape index (κ1) is 14.0. The fraction of sp³-hybridized carbons (Fsp3) is 0.692. The van der Waals surface area contributed by atoms with E-state index < -0.39 is 5.97 Å². The van der Waals surface area contributed by atoms with Crippen LogP contribution in [0.25, 0.3) is 0 Å². The Hall–Kier alpha value is -1.40. The molecule has 6 heteroatoms. The molecule has 0 spiro atoms. The molecule has 106 valence electrons. The number of carbonyl (C=O) groups is 1. The standard InChI is InChI=1S/C13H22N4O2/c1-15-6-4-10(5-7-15)16(2)9-12-11(13(18)19)8-14-17(12)3/h8,10H,4-7,9H2,1-3H3,(H,18,19). The maximum Gasteiger partial charge on any atom is 0.339 e. The number of rotatable bonds is 4. The summed E-state index contributed by atoms with van der Waals surface area (Å²) in [7, 11) is 6.00. The molecule has 2 rings (SSSR count). The van der Waals surface area contributed by atoms with Crippen molar-refractivity contribution in [3.8, 4) is 0 Å². The van der Waals surface area contributed by atoms with E-state index in [9.17, 15) is 4.79 Å². The predicted octanol–water partition coefficient (Wildman–Crippen LogP) is 0.644. The highest BCUT2D eigenvalue weighted by Crippen LogP contribution is 2.18. The zero-order valence-electron chi connectivity index (χ0n) is 11.8. The molecular weight excluding hydrogens is 244 g/mol. The van der Waals surface area contributed by atoms with Crippen molar-refractivity contribution in [2.45, 2.75) is 25.4 Å². The second-order valence-electron chi connectivity index (χ2n) is 5.38. The van der Waals surface area contributed by atoms with E-state index in [-0.39, 0.29) is 0 Å². The largest absolute Gasteiger partial charge is 0.478 e. The number of aromatic nitrogens is 2. The first-order valence-corrected chi connectivity index (χ1v) is 6.62. The Labute approximate surface area is 113 Å². The highest BCUT2D eigenvalue weighted by atomic mass is 16.4. The molecule has 0 atom stereocenters. The minimum absolute atomic E-state index is 0.308. The molecule has 0 aromatic carbocycles. The van der Waals surface area contributed by atoms with Crippen LogP contribution in [0.15, 0.2) is 6.20 Å². The summed E-state index contributed by atoms with van der Waals surface area (Å²) in [5.74, 6) is -0.903. The van der Waals surface area contributed by atoms with Gasteiger partial charge in [0.25, 0.3) is 0 Å². The van der Waals surface area contributed by atoms with Gasteiger partial charge >= 0.3 is 5.97 Å². The summed E-state index contributed by atoms with van der Waals surface area (Å²) in [6.07, 6.45) is 3.70. The van der Waals surface area contributed by atoms with Crippen LogP contribution >= 0.6 is 0 Å². The number of hydrogen-bond acceptors (Lipinski definition) is 4. The Balaban J connectivity index is 2.04. The molecule has 1 aromatic heterocycles. The molecule has 1 saturated heterocycles. The normalized spacial score (nSPS) is 18.1. The average Bonchev–Trinajstić information content (AvgIpc) is 2.72. The monoisotopic (exact) mass is 266 g/mol. The molecule has 1 aliphatic heterocycles. The minimum atomic E-state index is -0.903. The van der Waals surface area contributed by atoms with Gasteiger partial charge in [0.1, 0.15) is 5.56 Å². The Kier molecular flexibility index (Phi) is 4.21. The van der Waals surface area contributed by atoms with Gasteiger partial charge in [-0.05, 0) is 40.0 Å². The van der Waals surface area contributed by atoms with Crippen LogP contribution in [0.1, 0.15) is 28.9 Å². The summed E-state index contributed by atoms with van der Waals surface area (Å²) >= 11 is 0. The minimum Gasteiger partial charge on any atom is -0.478 e. The second-order valence-corrected chi connectivity index (χ2v) is 5.38. The predicted molar refractivity (Wildman–Crippen MR) is 72.2 cm³/mol. The van der Waals surface area contributed by atoms with E-state index in [4.69, 9.17) is 5.11 Å². The van der Waals surface area contributed by atoms with Gasteiger partial charge in [-0.25, -0.2) is 4.79 Å². The summed E-state index contributed by atoms with van der Waals surface area (Å²) < 4.78 is 1.66. The van der Waals surface area contributed by atoms with E-state index in [0.29, 0.717) is 18.2 Å². The molecule has 1 aliphatic rings. The number of piperidine rings is 1. The van der Waals surface area contributed by atoms with E-state index in [1.54, 1.807) is 11.7 Å². The van der Waals surface area contributed by atoms with Crippen molar-refractivity contribution in [2.24, 2.45) is 7.05 Å². The molecule has 0 amide bonds. The molecule has 0 radical (unpaired) electrons. The summed E-state index contributed by atoms with van der Waals surface area (Å²) in [5.41, 5.74) is 1.08. The molecule has 6 nitrogen and oxygen atoms in total. The van der Waals surface area contributed by atoms with Crippen LogP contribution in [0.3, 0.4) is 0 Å². The average molecular weight is 266 g/mol. The maximum atomic E-state index is 11.2. The van der Waals surface area contributed by atoms with Gasteiger partial charge in [0, 0.05) is 19.6 Å². The van der Waals surface area contributed by atoms with Crippen molar-refractivity contribution in [2.75, 3.05) is 27.2 Å². The van der Waals surface area contributed by atoms with Crippen molar-refractivity contribution in [1.82, 2.24) is 19.6 Å². The van der Waals surface area contributed by atoms with Gasteiger partial charge < -0.3 is 10.0 Å². The van der Waals surface area contributed by atoms with Crippen molar-refractivity contribution < 1.29 is 9.90 Å². The number of aryl methyl sites for hydroxylation is 1. The van der Waals surface area contributed by atoms with Gasteiger partial charge in [-0.15, -0.1) is 0 Å². The molecule has 0 unspecified atom stereocenters. The number of hydrogen-bond donors (Lipinski definition) is 1. The van der Waals surface area contributed by atoms with E-state index in [0.717, 1.165) is 31.6 Å². The third kappa shape index (κ3) is 3.13. The van der Waals surface area contributed by atoms with Gasteiger partial charge in [-0.3, -0.25) is 9.58 Å². The molecule has 2 heterocycles. The van der Waals surface area contributed by atoms with Crippen LogP contribution in [0, 0.1) is 0 Å². The Morgan fingerprint density at radius 3 is 2.68 bits per heavy atom. The van der Waals surface area contributed by atoms with Gasteiger partial charge in [0.15, 0.2) is 0 Å². The molecule has 0 aliphatic carbocycles. The van der Waals surface area contributed by atoms with Crippen LogP contribution in [0.4, 0.5) is 0 Å².